The van der Waals surface area contributed by atoms with E-state index in [-0.39, 0.29) is 11.9 Å². The maximum atomic E-state index is 11.2. The van der Waals surface area contributed by atoms with E-state index in [0.29, 0.717) is 25.7 Å². The van der Waals surface area contributed by atoms with Crippen molar-refractivity contribution in [1.82, 2.24) is 0 Å². The van der Waals surface area contributed by atoms with Crippen LogP contribution in [0.2, 0.25) is 0 Å². The third-order valence-electron chi connectivity index (χ3n) is 4.15. The number of benzene rings is 2. The van der Waals surface area contributed by atoms with Gasteiger partial charge in [-0.25, -0.2) is 0 Å². The van der Waals surface area contributed by atoms with Crippen LogP contribution in [0, 0.1) is 0 Å². The first-order chi connectivity index (χ1) is 12.1. The lowest BCUT2D eigenvalue weighted by Crippen LogP contribution is -2.02. The van der Waals surface area contributed by atoms with Crippen molar-refractivity contribution in [1.29, 1.82) is 0 Å². The second-order valence-electron chi connectivity index (χ2n) is 5.96. The molecule has 2 aromatic carbocycles. The molecular formula is C21H24O4. The Kier molecular flexibility index (Phi) is 7.20. The Hall–Kier alpha value is -2.62. The molecule has 0 spiro atoms. The fourth-order valence-corrected chi connectivity index (χ4v) is 2.58. The SMILES string of the molecule is COC(=O)CCc1ccc(Cc2ccc(CCC(=O)OC)cc2)cc1. The van der Waals surface area contributed by atoms with Crippen molar-refractivity contribution < 1.29 is 19.1 Å². The topological polar surface area (TPSA) is 52.6 Å². The Morgan fingerprint density at radius 2 is 0.960 bits per heavy atom. The molecule has 0 aliphatic heterocycles. The largest absolute Gasteiger partial charge is 0.469 e. The van der Waals surface area contributed by atoms with Crippen molar-refractivity contribution in [2.75, 3.05) is 14.2 Å². The van der Waals surface area contributed by atoms with E-state index in [4.69, 9.17) is 0 Å². The van der Waals surface area contributed by atoms with Crippen LogP contribution in [-0.2, 0) is 38.3 Å². The molecular weight excluding hydrogens is 316 g/mol. The molecule has 0 fully saturated rings. The third-order valence-corrected chi connectivity index (χ3v) is 4.15. The monoisotopic (exact) mass is 340 g/mol. The second-order valence-corrected chi connectivity index (χ2v) is 5.96. The van der Waals surface area contributed by atoms with Gasteiger partial charge in [0, 0.05) is 12.8 Å². The zero-order valence-electron chi connectivity index (χ0n) is 14.8. The van der Waals surface area contributed by atoms with Gasteiger partial charge in [-0.05, 0) is 41.5 Å². The summed E-state index contributed by atoms with van der Waals surface area (Å²) in [6.07, 6.45) is 3.06. The minimum Gasteiger partial charge on any atom is -0.469 e. The number of hydrogen-bond acceptors (Lipinski definition) is 4. The highest BCUT2D eigenvalue weighted by atomic mass is 16.5. The molecule has 0 aliphatic rings. The summed E-state index contributed by atoms with van der Waals surface area (Å²) in [5.74, 6) is -0.368. The first-order valence-corrected chi connectivity index (χ1v) is 8.40. The fraction of sp³-hybridized carbons (Fsp3) is 0.333. The molecule has 0 heterocycles. The lowest BCUT2D eigenvalue weighted by atomic mass is 10.0. The van der Waals surface area contributed by atoms with Crippen LogP contribution >= 0.6 is 0 Å². The van der Waals surface area contributed by atoms with Gasteiger partial charge >= 0.3 is 11.9 Å². The second kappa shape index (κ2) is 9.62. The van der Waals surface area contributed by atoms with Gasteiger partial charge in [0.2, 0.25) is 0 Å². The molecule has 0 aromatic heterocycles. The lowest BCUT2D eigenvalue weighted by Gasteiger charge is -2.06. The van der Waals surface area contributed by atoms with Gasteiger partial charge in [-0.2, -0.15) is 0 Å². The van der Waals surface area contributed by atoms with E-state index in [9.17, 15) is 9.59 Å². The van der Waals surface area contributed by atoms with E-state index in [2.05, 4.69) is 58.0 Å². The molecule has 0 saturated carbocycles. The van der Waals surface area contributed by atoms with Gasteiger partial charge in [0.25, 0.3) is 0 Å². The molecule has 0 unspecified atom stereocenters. The summed E-state index contributed by atoms with van der Waals surface area (Å²) >= 11 is 0. The highest BCUT2D eigenvalue weighted by Gasteiger charge is 2.04. The fourth-order valence-electron chi connectivity index (χ4n) is 2.58. The van der Waals surface area contributed by atoms with Crippen LogP contribution in [0.25, 0.3) is 0 Å². The summed E-state index contributed by atoms with van der Waals surface area (Å²) in [6, 6.07) is 16.6. The number of carbonyl (C=O) groups is 2. The molecule has 0 N–H and O–H groups in total. The van der Waals surface area contributed by atoms with Crippen LogP contribution in [-0.4, -0.2) is 26.2 Å². The van der Waals surface area contributed by atoms with Gasteiger partial charge < -0.3 is 9.47 Å². The summed E-state index contributed by atoms with van der Waals surface area (Å²) in [5.41, 5.74) is 4.72. The normalized spacial score (nSPS) is 10.3. The number of aryl methyl sites for hydroxylation is 2. The zero-order valence-corrected chi connectivity index (χ0v) is 14.8. The third kappa shape index (κ3) is 6.42. The van der Waals surface area contributed by atoms with Crippen molar-refractivity contribution in [2.45, 2.75) is 32.1 Å². The molecule has 0 bridgehead atoms. The van der Waals surface area contributed by atoms with Crippen molar-refractivity contribution in [3.8, 4) is 0 Å². The van der Waals surface area contributed by atoms with Gasteiger partial charge in [0.15, 0.2) is 0 Å². The van der Waals surface area contributed by atoms with Crippen LogP contribution in [0.5, 0.6) is 0 Å². The Balaban J connectivity index is 1.87. The summed E-state index contributed by atoms with van der Waals surface area (Å²) in [4.78, 5) is 22.3. The predicted molar refractivity (Wildman–Crippen MR) is 96.4 cm³/mol. The molecule has 25 heavy (non-hydrogen) atoms. The maximum Gasteiger partial charge on any atom is 0.305 e. The van der Waals surface area contributed by atoms with Crippen LogP contribution in [0.1, 0.15) is 35.1 Å². The van der Waals surface area contributed by atoms with Crippen LogP contribution < -0.4 is 0 Å². The Labute approximate surface area is 148 Å². The molecule has 2 aromatic rings. The molecule has 0 radical (unpaired) electrons. The number of rotatable bonds is 8. The smallest absolute Gasteiger partial charge is 0.305 e. The van der Waals surface area contributed by atoms with Gasteiger partial charge in [-0.3, -0.25) is 9.59 Å². The Bertz CT molecular complexity index is 625. The predicted octanol–water partition coefficient (Wildman–Crippen LogP) is 3.49. The molecule has 2 rings (SSSR count). The average Bonchev–Trinajstić information content (AvgIpc) is 2.66. The Morgan fingerprint density at radius 1 is 0.640 bits per heavy atom. The molecule has 4 heteroatoms. The van der Waals surface area contributed by atoms with Crippen molar-refractivity contribution in [2.24, 2.45) is 0 Å². The standard InChI is InChI=1S/C21H24O4/c1-24-20(22)13-11-16-3-7-18(8-4-16)15-19-9-5-17(6-10-19)12-14-21(23)25-2/h3-10H,11-15H2,1-2H3. The van der Waals surface area contributed by atoms with E-state index in [0.717, 1.165) is 17.5 Å². The van der Waals surface area contributed by atoms with Gasteiger partial charge in [-0.15, -0.1) is 0 Å². The highest BCUT2D eigenvalue weighted by molar-refractivity contribution is 5.69. The number of esters is 2. The van der Waals surface area contributed by atoms with E-state index in [1.165, 1.54) is 25.3 Å². The van der Waals surface area contributed by atoms with Gasteiger partial charge in [0.1, 0.15) is 0 Å². The van der Waals surface area contributed by atoms with Crippen molar-refractivity contribution in [3.63, 3.8) is 0 Å². The quantitative estimate of drug-likeness (QED) is 0.690. The van der Waals surface area contributed by atoms with Gasteiger partial charge in [0.05, 0.1) is 14.2 Å². The van der Waals surface area contributed by atoms with Crippen molar-refractivity contribution >= 4 is 11.9 Å². The van der Waals surface area contributed by atoms with E-state index >= 15 is 0 Å². The number of ether oxygens (including phenoxy) is 2. The van der Waals surface area contributed by atoms with Gasteiger partial charge in [-0.1, -0.05) is 48.5 Å². The van der Waals surface area contributed by atoms with Crippen molar-refractivity contribution in [3.05, 3.63) is 70.8 Å². The van der Waals surface area contributed by atoms with E-state index in [1.807, 2.05) is 0 Å². The minimum atomic E-state index is -0.184. The summed E-state index contributed by atoms with van der Waals surface area (Å²) in [5, 5.41) is 0. The first-order valence-electron chi connectivity index (χ1n) is 8.40. The molecule has 4 nitrogen and oxygen atoms in total. The zero-order chi connectivity index (χ0) is 18.1. The number of methoxy groups -OCH3 is 2. The highest BCUT2D eigenvalue weighted by Crippen LogP contribution is 2.14. The first kappa shape index (κ1) is 18.7. The maximum absolute atomic E-state index is 11.2. The average molecular weight is 340 g/mol. The molecule has 0 saturated heterocycles. The molecule has 0 amide bonds. The van der Waals surface area contributed by atoms with Crippen LogP contribution in [0.3, 0.4) is 0 Å². The van der Waals surface area contributed by atoms with E-state index < -0.39 is 0 Å². The number of hydrogen-bond donors (Lipinski definition) is 0. The van der Waals surface area contributed by atoms with E-state index in [1.54, 1.807) is 0 Å². The molecule has 0 aliphatic carbocycles. The number of carbonyl (C=O) groups excluding carboxylic acids is 2. The van der Waals surface area contributed by atoms with Crippen LogP contribution in [0.4, 0.5) is 0 Å². The summed E-state index contributed by atoms with van der Waals surface area (Å²) in [6.45, 7) is 0. The Morgan fingerprint density at radius 3 is 1.28 bits per heavy atom. The van der Waals surface area contributed by atoms with Crippen LogP contribution in [0.15, 0.2) is 48.5 Å². The summed E-state index contributed by atoms with van der Waals surface area (Å²) in [7, 11) is 2.82. The molecule has 132 valence electrons. The lowest BCUT2D eigenvalue weighted by molar-refractivity contribution is -0.141. The minimum absolute atomic E-state index is 0.184. The molecule has 0 atom stereocenters. The summed E-state index contributed by atoms with van der Waals surface area (Å²) < 4.78 is 9.31.